The smallest absolute Gasteiger partial charge is 0.246 e. The molecule has 0 unspecified atom stereocenters. The van der Waals surface area contributed by atoms with Crippen molar-refractivity contribution in [1.29, 1.82) is 0 Å². The summed E-state index contributed by atoms with van der Waals surface area (Å²) in [5.41, 5.74) is 2.98. The lowest BCUT2D eigenvalue weighted by Gasteiger charge is -2.37. The normalized spacial score (nSPS) is 16.2. The van der Waals surface area contributed by atoms with Crippen LogP contribution < -0.4 is 5.32 Å². The van der Waals surface area contributed by atoms with Crippen LogP contribution in [0.2, 0.25) is 0 Å². The molecule has 1 amide bonds. The maximum Gasteiger partial charge on any atom is 0.246 e. The molecule has 0 aromatic heterocycles. The molecule has 3 aromatic carbocycles. The molecule has 4 rings (SSSR count). The van der Waals surface area contributed by atoms with Crippen molar-refractivity contribution in [3.8, 4) is 0 Å². The van der Waals surface area contributed by atoms with E-state index < -0.39 is 0 Å². The van der Waals surface area contributed by atoms with Gasteiger partial charge in [0.05, 0.1) is 0 Å². The highest BCUT2D eigenvalue weighted by Crippen LogP contribution is 2.29. The molecule has 3 nitrogen and oxygen atoms in total. The maximum atomic E-state index is 13.2. The Morgan fingerprint density at radius 1 is 0.900 bits per heavy atom. The summed E-state index contributed by atoms with van der Waals surface area (Å²) in [6, 6.07) is 26.1. The van der Waals surface area contributed by atoms with E-state index in [2.05, 4.69) is 40.5 Å². The van der Waals surface area contributed by atoms with Crippen molar-refractivity contribution in [2.45, 2.75) is 25.3 Å². The van der Waals surface area contributed by atoms with Crippen LogP contribution in [0.5, 0.6) is 0 Å². The van der Waals surface area contributed by atoms with Crippen molar-refractivity contribution in [2.24, 2.45) is 5.92 Å². The van der Waals surface area contributed by atoms with Crippen LogP contribution in [0.1, 0.15) is 30.0 Å². The first-order valence-electron chi connectivity index (χ1n) is 10.6. The molecule has 1 heterocycles. The molecular formula is C26H27FN2O. The van der Waals surface area contributed by atoms with E-state index >= 15 is 0 Å². The number of anilines is 1. The van der Waals surface area contributed by atoms with Crippen molar-refractivity contribution in [1.82, 2.24) is 4.90 Å². The number of nitrogens with zero attached hydrogens (tertiary/aromatic N) is 1. The molecule has 3 aromatic rings. The van der Waals surface area contributed by atoms with Gasteiger partial charge in [0.1, 0.15) is 11.9 Å². The van der Waals surface area contributed by atoms with Gasteiger partial charge in [-0.2, -0.15) is 0 Å². The Morgan fingerprint density at radius 2 is 1.50 bits per heavy atom. The third kappa shape index (κ3) is 5.14. The van der Waals surface area contributed by atoms with Crippen molar-refractivity contribution >= 4 is 11.6 Å². The third-order valence-electron chi connectivity index (χ3n) is 5.86. The lowest BCUT2D eigenvalue weighted by atomic mass is 9.89. The number of piperidine rings is 1. The zero-order valence-electron chi connectivity index (χ0n) is 17.0. The van der Waals surface area contributed by atoms with E-state index in [1.54, 1.807) is 12.1 Å². The minimum atomic E-state index is -0.353. The van der Waals surface area contributed by atoms with E-state index in [1.807, 2.05) is 30.3 Å². The number of nitrogens with one attached hydrogen (secondary N) is 1. The van der Waals surface area contributed by atoms with E-state index in [-0.39, 0.29) is 17.8 Å². The summed E-state index contributed by atoms with van der Waals surface area (Å²) >= 11 is 0. The zero-order chi connectivity index (χ0) is 20.8. The van der Waals surface area contributed by atoms with E-state index in [9.17, 15) is 9.18 Å². The maximum absolute atomic E-state index is 13.2. The fourth-order valence-electron chi connectivity index (χ4n) is 4.27. The number of rotatable bonds is 6. The minimum absolute atomic E-state index is 0.0747. The van der Waals surface area contributed by atoms with Crippen LogP contribution in [0, 0.1) is 11.7 Å². The largest absolute Gasteiger partial charge is 0.324 e. The molecule has 0 bridgehead atoms. The molecule has 154 valence electrons. The molecule has 1 atom stereocenters. The summed E-state index contributed by atoms with van der Waals surface area (Å²) in [4.78, 5) is 15.5. The number of hydrogen-bond acceptors (Lipinski definition) is 2. The molecule has 1 N–H and O–H groups in total. The lowest BCUT2D eigenvalue weighted by molar-refractivity contribution is -0.122. The molecular weight excluding hydrogens is 375 g/mol. The quantitative estimate of drug-likeness (QED) is 0.594. The summed E-state index contributed by atoms with van der Waals surface area (Å²) < 4.78 is 13.2. The molecule has 0 spiro atoms. The standard InChI is InChI=1S/C26H27FN2O/c27-23-11-13-24(14-12-23)28-26(30)25(22-9-5-2-6-10-22)29-17-15-21(16-18-29)19-20-7-3-1-4-8-20/h1-14,21,25H,15-19H2,(H,28,30)/t25-/m1/s1. The highest BCUT2D eigenvalue weighted by Gasteiger charge is 2.31. The van der Waals surface area contributed by atoms with Gasteiger partial charge in [-0.1, -0.05) is 60.7 Å². The van der Waals surface area contributed by atoms with Gasteiger partial charge in [0.25, 0.3) is 0 Å². The van der Waals surface area contributed by atoms with Gasteiger partial charge in [0.15, 0.2) is 0 Å². The second-order valence-electron chi connectivity index (χ2n) is 7.98. The first-order valence-corrected chi connectivity index (χ1v) is 10.6. The predicted octanol–water partition coefficient (Wildman–Crippen LogP) is 5.46. The number of carbonyl (C=O) groups excluding carboxylic acids is 1. The number of likely N-dealkylation sites (tertiary alicyclic amines) is 1. The second kappa shape index (κ2) is 9.68. The van der Waals surface area contributed by atoms with E-state index in [0.717, 1.165) is 37.9 Å². The van der Waals surface area contributed by atoms with Crippen molar-refractivity contribution < 1.29 is 9.18 Å². The summed E-state index contributed by atoms with van der Waals surface area (Å²) in [5, 5.41) is 2.97. The van der Waals surface area contributed by atoms with Gasteiger partial charge in [-0.05, 0) is 73.7 Å². The van der Waals surface area contributed by atoms with Gasteiger partial charge in [0, 0.05) is 5.69 Å². The topological polar surface area (TPSA) is 32.3 Å². The Morgan fingerprint density at radius 3 is 2.13 bits per heavy atom. The molecule has 1 aliphatic rings. The van der Waals surface area contributed by atoms with Crippen LogP contribution in [0.4, 0.5) is 10.1 Å². The summed E-state index contributed by atoms with van der Waals surface area (Å²) in [5.74, 6) is 0.252. The van der Waals surface area contributed by atoms with Gasteiger partial charge in [-0.3, -0.25) is 9.69 Å². The van der Waals surface area contributed by atoms with Gasteiger partial charge >= 0.3 is 0 Å². The monoisotopic (exact) mass is 402 g/mol. The van der Waals surface area contributed by atoms with Gasteiger partial charge in [-0.25, -0.2) is 4.39 Å². The van der Waals surface area contributed by atoms with Crippen LogP contribution in [-0.2, 0) is 11.2 Å². The fraction of sp³-hybridized carbons (Fsp3) is 0.269. The van der Waals surface area contributed by atoms with Crippen LogP contribution >= 0.6 is 0 Å². The number of hydrogen-bond donors (Lipinski definition) is 1. The molecule has 0 aliphatic carbocycles. The van der Waals surface area contributed by atoms with Gasteiger partial charge in [0.2, 0.25) is 5.91 Å². The highest BCUT2D eigenvalue weighted by atomic mass is 19.1. The molecule has 0 saturated carbocycles. The Bertz CT molecular complexity index is 936. The summed E-state index contributed by atoms with van der Waals surface area (Å²) in [6.45, 7) is 1.77. The Labute approximate surface area is 177 Å². The minimum Gasteiger partial charge on any atom is -0.324 e. The van der Waals surface area contributed by atoms with Gasteiger partial charge in [-0.15, -0.1) is 0 Å². The molecule has 1 fully saturated rings. The predicted molar refractivity (Wildman–Crippen MR) is 119 cm³/mol. The number of carbonyl (C=O) groups is 1. The van der Waals surface area contributed by atoms with E-state index in [0.29, 0.717) is 11.6 Å². The molecule has 30 heavy (non-hydrogen) atoms. The number of benzene rings is 3. The average Bonchev–Trinajstić information content (AvgIpc) is 2.78. The van der Waals surface area contributed by atoms with Crippen LogP contribution in [0.15, 0.2) is 84.9 Å². The molecule has 1 aliphatic heterocycles. The Hall–Kier alpha value is -2.98. The fourth-order valence-corrected chi connectivity index (χ4v) is 4.27. The molecule has 0 radical (unpaired) electrons. The van der Waals surface area contributed by atoms with E-state index in [4.69, 9.17) is 0 Å². The number of halogens is 1. The Kier molecular flexibility index (Phi) is 6.55. The number of amides is 1. The summed E-state index contributed by atoms with van der Waals surface area (Å²) in [6.07, 6.45) is 3.23. The van der Waals surface area contributed by atoms with Gasteiger partial charge < -0.3 is 5.32 Å². The lowest BCUT2D eigenvalue weighted by Crippen LogP contribution is -2.42. The van der Waals surface area contributed by atoms with Crippen molar-refractivity contribution in [2.75, 3.05) is 18.4 Å². The third-order valence-corrected chi connectivity index (χ3v) is 5.86. The van der Waals surface area contributed by atoms with E-state index in [1.165, 1.54) is 17.7 Å². The second-order valence-corrected chi connectivity index (χ2v) is 7.98. The highest BCUT2D eigenvalue weighted by molar-refractivity contribution is 5.95. The van der Waals surface area contributed by atoms with Crippen LogP contribution in [0.25, 0.3) is 0 Å². The average molecular weight is 403 g/mol. The molecule has 1 saturated heterocycles. The Balaban J connectivity index is 1.45. The van der Waals surface area contributed by atoms with Crippen molar-refractivity contribution in [3.63, 3.8) is 0 Å². The zero-order valence-corrected chi connectivity index (χ0v) is 17.0. The summed E-state index contributed by atoms with van der Waals surface area (Å²) in [7, 11) is 0. The SMILES string of the molecule is O=C(Nc1ccc(F)cc1)[C@@H](c1ccccc1)N1CCC(Cc2ccccc2)CC1. The van der Waals surface area contributed by atoms with Crippen LogP contribution in [-0.4, -0.2) is 23.9 Å². The molecule has 4 heteroatoms. The van der Waals surface area contributed by atoms with Crippen LogP contribution in [0.3, 0.4) is 0 Å². The first-order chi connectivity index (χ1) is 14.7. The van der Waals surface area contributed by atoms with Crippen molar-refractivity contribution in [3.05, 3.63) is 102 Å². The first kappa shape index (κ1) is 20.3.